The summed E-state index contributed by atoms with van der Waals surface area (Å²) in [6.45, 7) is 0. The average Bonchev–Trinajstić information content (AvgIpc) is 2.31. The van der Waals surface area contributed by atoms with Crippen LogP contribution in [0.1, 0.15) is 0 Å². The number of rotatable bonds is 0. The van der Waals surface area contributed by atoms with Gasteiger partial charge in [-0.25, -0.2) is 4.98 Å². The van der Waals surface area contributed by atoms with Gasteiger partial charge in [-0.3, -0.25) is 14.5 Å². The van der Waals surface area contributed by atoms with Gasteiger partial charge in [-0.2, -0.15) is 5.10 Å². The van der Waals surface area contributed by atoms with Gasteiger partial charge in [0.05, 0.1) is 6.20 Å². The molecule has 6 heteroatoms. The molecule has 0 atom stereocenters. The Labute approximate surface area is 72.0 Å². The molecule has 5 nitrogen and oxygen atoms in total. The molecule has 62 valence electrons. The van der Waals surface area contributed by atoms with Gasteiger partial charge in [-0.1, -0.05) is 0 Å². The second kappa shape index (κ2) is 2.31. The number of nitrogens with one attached hydrogen (secondary N) is 1. The molecule has 0 aliphatic carbocycles. The van der Waals surface area contributed by atoms with E-state index < -0.39 is 0 Å². The zero-order valence-corrected chi connectivity index (χ0v) is 6.96. The molecule has 1 N–H and O–H groups in total. The van der Waals surface area contributed by atoms with Crippen LogP contribution in [0.15, 0.2) is 11.0 Å². The highest BCUT2D eigenvalue weighted by atomic mass is 35.5. The molecule has 0 aromatic carbocycles. The van der Waals surface area contributed by atoms with Crippen molar-refractivity contribution < 1.29 is 0 Å². The first-order chi connectivity index (χ1) is 5.68. The van der Waals surface area contributed by atoms with Crippen LogP contribution in [0.25, 0.3) is 11.0 Å². The van der Waals surface area contributed by atoms with Gasteiger partial charge in [0, 0.05) is 7.05 Å². The van der Waals surface area contributed by atoms with Crippen molar-refractivity contribution >= 4 is 22.6 Å². The highest BCUT2D eigenvalue weighted by molar-refractivity contribution is 6.28. The van der Waals surface area contributed by atoms with Crippen molar-refractivity contribution in [3.8, 4) is 0 Å². The van der Waals surface area contributed by atoms with Gasteiger partial charge in [0.2, 0.25) is 5.28 Å². The van der Waals surface area contributed by atoms with E-state index in [9.17, 15) is 4.79 Å². The van der Waals surface area contributed by atoms with Crippen molar-refractivity contribution in [3.05, 3.63) is 21.8 Å². The van der Waals surface area contributed by atoms with Crippen LogP contribution in [-0.4, -0.2) is 19.7 Å². The standard InChI is InChI=1S/C6H5ClN4O/c1-11-4-3(2-8-11)9-6(7)10-5(4)12/h2H,1H3,(H,9,10,12). The van der Waals surface area contributed by atoms with Crippen molar-refractivity contribution in [2.24, 2.45) is 7.05 Å². The number of nitrogens with zero attached hydrogens (tertiary/aromatic N) is 3. The molecule has 0 bridgehead atoms. The summed E-state index contributed by atoms with van der Waals surface area (Å²) in [6, 6.07) is 0. The van der Waals surface area contributed by atoms with E-state index in [1.165, 1.54) is 10.9 Å². The van der Waals surface area contributed by atoms with Crippen molar-refractivity contribution in [1.82, 2.24) is 19.7 Å². The van der Waals surface area contributed by atoms with Crippen LogP contribution in [0.2, 0.25) is 5.28 Å². The third kappa shape index (κ3) is 0.902. The summed E-state index contributed by atoms with van der Waals surface area (Å²) in [5, 5.41) is 3.96. The summed E-state index contributed by atoms with van der Waals surface area (Å²) in [5.41, 5.74) is 0.663. The van der Waals surface area contributed by atoms with Crippen LogP contribution < -0.4 is 5.56 Å². The van der Waals surface area contributed by atoms with Crippen molar-refractivity contribution in [2.45, 2.75) is 0 Å². The molecular weight excluding hydrogens is 180 g/mol. The largest absolute Gasteiger partial charge is 0.295 e. The monoisotopic (exact) mass is 184 g/mol. The first-order valence-electron chi connectivity index (χ1n) is 3.26. The summed E-state index contributed by atoms with van der Waals surface area (Å²) in [4.78, 5) is 17.5. The Kier molecular flexibility index (Phi) is 1.41. The van der Waals surface area contributed by atoms with E-state index >= 15 is 0 Å². The van der Waals surface area contributed by atoms with Gasteiger partial charge in [0.15, 0.2) is 5.52 Å². The van der Waals surface area contributed by atoms with Crippen molar-refractivity contribution in [1.29, 1.82) is 0 Å². The maximum absolute atomic E-state index is 11.2. The van der Waals surface area contributed by atoms with E-state index in [2.05, 4.69) is 15.1 Å². The maximum Gasteiger partial charge on any atom is 0.278 e. The number of aromatic nitrogens is 4. The number of fused-ring (bicyclic) bond motifs is 1. The second-order valence-corrected chi connectivity index (χ2v) is 2.72. The van der Waals surface area contributed by atoms with Gasteiger partial charge in [-0.05, 0) is 11.6 Å². The highest BCUT2D eigenvalue weighted by Gasteiger charge is 2.05. The molecule has 2 rings (SSSR count). The lowest BCUT2D eigenvalue weighted by Crippen LogP contribution is -2.10. The molecule has 2 aromatic rings. The third-order valence-electron chi connectivity index (χ3n) is 1.57. The number of H-pyrrole nitrogens is 1. The van der Waals surface area contributed by atoms with Gasteiger partial charge >= 0.3 is 0 Å². The normalized spacial score (nSPS) is 10.8. The van der Waals surface area contributed by atoms with Gasteiger partial charge in [0.1, 0.15) is 5.52 Å². The summed E-state index contributed by atoms with van der Waals surface area (Å²) < 4.78 is 1.46. The lowest BCUT2D eigenvalue weighted by atomic mass is 10.5. The first kappa shape index (κ1) is 7.30. The minimum atomic E-state index is -0.273. The predicted octanol–water partition coefficient (Wildman–Crippen LogP) is 0.310. The molecule has 0 unspecified atom stereocenters. The molecule has 0 aliphatic heterocycles. The lowest BCUT2D eigenvalue weighted by Gasteiger charge is -1.91. The average molecular weight is 185 g/mol. The van der Waals surface area contributed by atoms with E-state index in [1.54, 1.807) is 7.05 Å². The quantitative estimate of drug-likeness (QED) is 0.600. The zero-order chi connectivity index (χ0) is 8.72. The Morgan fingerprint density at radius 2 is 2.42 bits per heavy atom. The fourth-order valence-corrected chi connectivity index (χ4v) is 1.23. The Hall–Kier alpha value is -1.36. The topological polar surface area (TPSA) is 63.6 Å². The van der Waals surface area contributed by atoms with Crippen molar-refractivity contribution in [3.63, 3.8) is 0 Å². The number of aromatic amines is 1. The minimum absolute atomic E-state index is 0.0838. The number of halogens is 1. The Balaban J connectivity index is 3.03. The summed E-state index contributed by atoms with van der Waals surface area (Å²) in [6.07, 6.45) is 1.50. The fraction of sp³-hybridized carbons (Fsp3) is 0.167. The Bertz CT molecular complexity index is 486. The van der Waals surface area contributed by atoms with Crippen LogP contribution >= 0.6 is 11.6 Å². The Morgan fingerprint density at radius 3 is 3.17 bits per heavy atom. The van der Waals surface area contributed by atoms with Crippen LogP contribution in [0.5, 0.6) is 0 Å². The number of aryl methyl sites for hydroxylation is 1. The molecule has 0 saturated heterocycles. The molecule has 2 aromatic heterocycles. The molecular formula is C6H5ClN4O. The molecule has 0 spiro atoms. The van der Waals surface area contributed by atoms with Crippen molar-refractivity contribution in [2.75, 3.05) is 0 Å². The van der Waals surface area contributed by atoms with Gasteiger partial charge in [-0.15, -0.1) is 0 Å². The van der Waals surface area contributed by atoms with Crippen LogP contribution in [0.3, 0.4) is 0 Å². The van der Waals surface area contributed by atoms with Gasteiger partial charge < -0.3 is 0 Å². The van der Waals surface area contributed by atoms with E-state index in [4.69, 9.17) is 11.6 Å². The smallest absolute Gasteiger partial charge is 0.278 e. The minimum Gasteiger partial charge on any atom is -0.295 e. The molecule has 2 heterocycles. The predicted molar refractivity (Wildman–Crippen MR) is 44.1 cm³/mol. The zero-order valence-electron chi connectivity index (χ0n) is 6.21. The highest BCUT2D eigenvalue weighted by Crippen LogP contribution is 2.06. The molecule has 0 fully saturated rings. The van der Waals surface area contributed by atoms with Crippen LogP contribution in [0.4, 0.5) is 0 Å². The fourth-order valence-electron chi connectivity index (χ4n) is 1.06. The summed E-state index contributed by atoms with van der Waals surface area (Å²) in [7, 11) is 1.67. The second-order valence-electron chi connectivity index (χ2n) is 2.36. The van der Waals surface area contributed by atoms with E-state index in [0.29, 0.717) is 11.0 Å². The molecule has 0 amide bonds. The number of hydrogen-bond acceptors (Lipinski definition) is 3. The number of hydrogen-bond donors (Lipinski definition) is 1. The SMILES string of the molecule is Cn1ncc2nc(Cl)[nH]c(=O)c21. The van der Waals surface area contributed by atoms with Crippen LogP contribution in [-0.2, 0) is 7.05 Å². The van der Waals surface area contributed by atoms with E-state index in [1.807, 2.05) is 0 Å². The molecule has 0 aliphatic rings. The lowest BCUT2D eigenvalue weighted by molar-refractivity contribution is 0.792. The molecule has 0 radical (unpaired) electrons. The first-order valence-corrected chi connectivity index (χ1v) is 3.64. The van der Waals surface area contributed by atoms with E-state index in [0.717, 1.165) is 0 Å². The summed E-state index contributed by atoms with van der Waals surface area (Å²) >= 11 is 5.53. The summed E-state index contributed by atoms with van der Waals surface area (Å²) in [5.74, 6) is 0. The molecule has 0 saturated carbocycles. The van der Waals surface area contributed by atoms with Crippen LogP contribution in [0, 0.1) is 0 Å². The maximum atomic E-state index is 11.2. The van der Waals surface area contributed by atoms with Gasteiger partial charge in [0.25, 0.3) is 5.56 Å². The third-order valence-corrected chi connectivity index (χ3v) is 1.75. The van der Waals surface area contributed by atoms with E-state index in [-0.39, 0.29) is 10.8 Å². The molecule has 12 heavy (non-hydrogen) atoms. The Morgan fingerprint density at radius 1 is 1.67 bits per heavy atom.